The van der Waals surface area contributed by atoms with Gasteiger partial charge in [-0.2, -0.15) is 0 Å². The molecule has 0 saturated carbocycles. The average Bonchev–Trinajstić information content (AvgIpc) is 3.11. The number of nitrogens with one attached hydrogen (secondary N) is 1. The van der Waals surface area contributed by atoms with Gasteiger partial charge in [0.05, 0.1) is 11.5 Å². The van der Waals surface area contributed by atoms with Crippen LogP contribution >= 0.6 is 11.8 Å². The normalized spacial score (nSPS) is 14.2. The number of aryl methyl sites for hydroxylation is 2. The van der Waals surface area contributed by atoms with E-state index in [0.717, 1.165) is 27.8 Å². The fourth-order valence-electron chi connectivity index (χ4n) is 3.95. The summed E-state index contributed by atoms with van der Waals surface area (Å²) in [6, 6.07) is 17.0. The molecule has 1 saturated heterocycles. The molecule has 0 aromatic heterocycles. The predicted octanol–water partition coefficient (Wildman–Crippen LogP) is 6.10. The van der Waals surface area contributed by atoms with Gasteiger partial charge in [-0.25, -0.2) is 4.39 Å². The number of anilines is 1. The van der Waals surface area contributed by atoms with Gasteiger partial charge in [0, 0.05) is 11.3 Å². The predicted molar refractivity (Wildman–Crippen MR) is 146 cm³/mol. The van der Waals surface area contributed by atoms with E-state index >= 15 is 0 Å². The maximum absolute atomic E-state index is 13.9. The minimum Gasteiger partial charge on any atom is -0.490 e. The van der Waals surface area contributed by atoms with E-state index in [1.165, 1.54) is 6.07 Å². The molecule has 9 heteroatoms. The van der Waals surface area contributed by atoms with Crippen LogP contribution < -0.4 is 14.8 Å². The Morgan fingerprint density at radius 1 is 1.00 bits per heavy atom. The summed E-state index contributed by atoms with van der Waals surface area (Å²) in [5.41, 5.74) is 3.61. The second-order valence-electron chi connectivity index (χ2n) is 8.71. The van der Waals surface area contributed by atoms with Gasteiger partial charge >= 0.3 is 0 Å². The van der Waals surface area contributed by atoms with Crippen LogP contribution in [0, 0.1) is 19.7 Å². The molecule has 0 atom stereocenters. The lowest BCUT2D eigenvalue weighted by Gasteiger charge is -2.14. The first-order valence-corrected chi connectivity index (χ1v) is 12.8. The van der Waals surface area contributed by atoms with Gasteiger partial charge in [0.2, 0.25) is 5.91 Å². The highest BCUT2D eigenvalue weighted by atomic mass is 32.2. The molecule has 0 radical (unpaired) electrons. The smallest absolute Gasteiger partial charge is 0.294 e. The van der Waals surface area contributed by atoms with Crippen LogP contribution in [0.2, 0.25) is 0 Å². The summed E-state index contributed by atoms with van der Waals surface area (Å²) in [4.78, 5) is 39.1. The monoisotopic (exact) mass is 534 g/mol. The first-order valence-electron chi connectivity index (χ1n) is 12.0. The van der Waals surface area contributed by atoms with E-state index < -0.39 is 17.1 Å². The number of benzene rings is 3. The number of ether oxygens (including phenoxy) is 2. The molecule has 196 valence electrons. The third kappa shape index (κ3) is 6.60. The van der Waals surface area contributed by atoms with Gasteiger partial charge in [-0.05, 0) is 85.6 Å². The van der Waals surface area contributed by atoms with Gasteiger partial charge in [-0.1, -0.05) is 30.3 Å². The number of hydrogen-bond acceptors (Lipinski definition) is 6. The number of imide groups is 1. The van der Waals surface area contributed by atoms with Crippen LogP contribution in [0.25, 0.3) is 6.08 Å². The molecule has 1 aliphatic heterocycles. The highest BCUT2D eigenvalue weighted by Gasteiger charge is 2.36. The number of rotatable bonds is 9. The van der Waals surface area contributed by atoms with E-state index in [4.69, 9.17) is 9.47 Å². The molecule has 1 aliphatic rings. The topological polar surface area (TPSA) is 84.9 Å². The lowest BCUT2D eigenvalue weighted by atomic mass is 10.1. The second kappa shape index (κ2) is 12.0. The Kier molecular flexibility index (Phi) is 8.48. The van der Waals surface area contributed by atoms with Crippen LogP contribution in [0.15, 0.2) is 65.6 Å². The van der Waals surface area contributed by atoms with Crippen molar-refractivity contribution in [3.05, 3.63) is 93.6 Å². The number of thioether (sulfide) groups is 1. The summed E-state index contributed by atoms with van der Waals surface area (Å²) in [6.45, 7) is 5.66. The van der Waals surface area contributed by atoms with E-state index in [0.29, 0.717) is 34.9 Å². The molecule has 3 aromatic rings. The molecule has 3 amide bonds. The van der Waals surface area contributed by atoms with E-state index in [2.05, 4.69) is 5.32 Å². The molecule has 7 nitrogen and oxygen atoms in total. The van der Waals surface area contributed by atoms with Crippen molar-refractivity contribution in [3.63, 3.8) is 0 Å². The zero-order valence-electron chi connectivity index (χ0n) is 21.2. The van der Waals surface area contributed by atoms with Gasteiger partial charge in [-0.3, -0.25) is 19.3 Å². The van der Waals surface area contributed by atoms with E-state index in [1.807, 2.05) is 39.0 Å². The fraction of sp³-hybridized carbons (Fsp3) is 0.207. The van der Waals surface area contributed by atoms with Crippen molar-refractivity contribution in [2.45, 2.75) is 27.4 Å². The Labute approximate surface area is 224 Å². The highest BCUT2D eigenvalue weighted by Crippen LogP contribution is 2.35. The molecular formula is C29H27FN2O5S. The number of carbonyl (C=O) groups excluding carboxylic acids is 3. The number of hydrogen-bond donors (Lipinski definition) is 1. The molecule has 0 aliphatic carbocycles. The van der Waals surface area contributed by atoms with Gasteiger partial charge < -0.3 is 14.8 Å². The van der Waals surface area contributed by atoms with Crippen molar-refractivity contribution in [3.8, 4) is 11.5 Å². The lowest BCUT2D eigenvalue weighted by Crippen LogP contribution is -2.36. The van der Waals surface area contributed by atoms with E-state index in [9.17, 15) is 18.8 Å². The average molecular weight is 535 g/mol. The van der Waals surface area contributed by atoms with Crippen molar-refractivity contribution >= 4 is 40.6 Å². The number of nitrogens with zero attached hydrogens (tertiary/aromatic N) is 1. The van der Waals surface area contributed by atoms with Gasteiger partial charge in [0.1, 0.15) is 19.0 Å². The Balaban J connectivity index is 1.45. The van der Waals surface area contributed by atoms with Crippen LogP contribution in [0.4, 0.5) is 14.9 Å². The van der Waals surface area contributed by atoms with E-state index in [-0.39, 0.29) is 23.9 Å². The first kappa shape index (κ1) is 26.9. The third-order valence-corrected chi connectivity index (χ3v) is 6.49. The van der Waals surface area contributed by atoms with Crippen molar-refractivity contribution < 1.29 is 28.2 Å². The second-order valence-corrected chi connectivity index (χ2v) is 9.70. The molecule has 4 rings (SSSR count). The quantitative estimate of drug-likeness (QED) is 0.334. The maximum atomic E-state index is 13.9. The van der Waals surface area contributed by atoms with Crippen LogP contribution in [0.1, 0.15) is 29.2 Å². The standard InChI is InChI=1S/C29H27FN2O5S/c1-4-36-25-14-20(9-10-24(25)37-17-21-7-5-6-8-23(21)30)15-26-28(34)32(29(35)38-26)16-27(33)31-22-12-18(2)11-19(3)13-22/h5-15H,4,16-17H2,1-3H3,(H,31,33)/b26-15+. The lowest BCUT2D eigenvalue weighted by molar-refractivity contribution is -0.127. The van der Waals surface area contributed by atoms with Crippen molar-refractivity contribution in [2.75, 3.05) is 18.5 Å². The Morgan fingerprint density at radius 2 is 1.74 bits per heavy atom. The molecule has 38 heavy (non-hydrogen) atoms. The molecule has 1 fully saturated rings. The summed E-state index contributed by atoms with van der Waals surface area (Å²) in [5, 5.41) is 2.22. The molecule has 0 spiro atoms. The molecule has 1 N–H and O–H groups in total. The van der Waals surface area contributed by atoms with Crippen LogP contribution in [-0.2, 0) is 16.2 Å². The minimum absolute atomic E-state index is 0.0230. The largest absolute Gasteiger partial charge is 0.490 e. The summed E-state index contributed by atoms with van der Waals surface area (Å²) in [7, 11) is 0. The van der Waals surface area contributed by atoms with Crippen molar-refractivity contribution in [2.24, 2.45) is 0 Å². The minimum atomic E-state index is -0.548. The molecule has 0 unspecified atom stereocenters. The van der Waals surface area contributed by atoms with Crippen LogP contribution in [-0.4, -0.2) is 35.1 Å². The molecular weight excluding hydrogens is 507 g/mol. The molecule has 3 aromatic carbocycles. The van der Waals surface area contributed by atoms with Gasteiger partial charge in [0.15, 0.2) is 11.5 Å². The van der Waals surface area contributed by atoms with Crippen LogP contribution in [0.3, 0.4) is 0 Å². The van der Waals surface area contributed by atoms with Gasteiger partial charge in [0.25, 0.3) is 11.1 Å². The summed E-state index contributed by atoms with van der Waals surface area (Å²) in [5.74, 6) is -0.532. The SMILES string of the molecule is CCOc1cc(/C=C2/SC(=O)N(CC(=O)Nc3cc(C)cc(C)c3)C2=O)ccc1OCc1ccccc1F. The number of amides is 3. The summed E-state index contributed by atoms with van der Waals surface area (Å²) in [6.07, 6.45) is 1.57. The molecule has 1 heterocycles. The Bertz CT molecular complexity index is 1400. The fourth-order valence-corrected chi connectivity index (χ4v) is 4.79. The van der Waals surface area contributed by atoms with E-state index in [1.54, 1.807) is 42.5 Å². The number of halogens is 1. The summed E-state index contributed by atoms with van der Waals surface area (Å²) < 4.78 is 25.4. The zero-order valence-corrected chi connectivity index (χ0v) is 22.1. The summed E-state index contributed by atoms with van der Waals surface area (Å²) >= 11 is 0.767. The van der Waals surface area contributed by atoms with Crippen molar-refractivity contribution in [1.29, 1.82) is 0 Å². The number of carbonyl (C=O) groups is 3. The maximum Gasteiger partial charge on any atom is 0.294 e. The Hall–Kier alpha value is -4.11. The van der Waals surface area contributed by atoms with Crippen LogP contribution in [0.5, 0.6) is 11.5 Å². The zero-order chi connectivity index (χ0) is 27.2. The highest BCUT2D eigenvalue weighted by molar-refractivity contribution is 8.18. The molecule has 0 bridgehead atoms. The van der Waals surface area contributed by atoms with Crippen molar-refractivity contribution in [1.82, 2.24) is 4.90 Å². The third-order valence-electron chi connectivity index (χ3n) is 5.59. The van der Waals surface area contributed by atoms with Gasteiger partial charge in [-0.15, -0.1) is 0 Å². The first-order chi connectivity index (χ1) is 18.2. The Morgan fingerprint density at radius 3 is 2.45 bits per heavy atom.